The molecule has 0 bridgehead atoms. The molecule has 0 aliphatic heterocycles. The minimum absolute atomic E-state index is 0.344. The summed E-state index contributed by atoms with van der Waals surface area (Å²) in [5.41, 5.74) is -0.840. The second-order valence-corrected chi connectivity index (χ2v) is 8.70. The van der Waals surface area contributed by atoms with Crippen LogP contribution in [0.2, 0.25) is 0 Å². The van der Waals surface area contributed by atoms with E-state index in [1.807, 2.05) is 0 Å². The molecule has 2 atom stereocenters. The number of aliphatic carboxylic acids is 1. The van der Waals surface area contributed by atoms with Gasteiger partial charge in [0.05, 0.1) is 0 Å². The predicted octanol–water partition coefficient (Wildman–Crippen LogP) is 2.74. The van der Waals surface area contributed by atoms with E-state index in [-0.39, 0.29) is 6.42 Å². The van der Waals surface area contributed by atoms with Crippen LogP contribution in [0.25, 0.3) is 0 Å². The highest BCUT2D eigenvalue weighted by Crippen LogP contribution is 2.21. The number of alkyl carbamates (subject to hydrolysis) is 1. The predicted molar refractivity (Wildman–Crippen MR) is 81.3 cm³/mol. The zero-order valence-electron chi connectivity index (χ0n) is 13.7. The number of carboxylic acids is 1. The topological polar surface area (TPSA) is 117 Å². The molecule has 0 aromatic carbocycles. The van der Waals surface area contributed by atoms with E-state index in [1.54, 1.807) is 20.8 Å². The van der Waals surface area contributed by atoms with Crippen LogP contribution in [0.3, 0.4) is 0 Å². The molecule has 7 nitrogen and oxygen atoms in total. The molecule has 0 aromatic heterocycles. The normalized spacial score (nSPS) is 16.1. The highest BCUT2D eigenvalue weighted by molar-refractivity contribution is 7.92. The molecule has 24 heavy (non-hydrogen) atoms. The van der Waals surface area contributed by atoms with E-state index in [4.69, 9.17) is 14.6 Å². The van der Waals surface area contributed by atoms with Crippen LogP contribution in [0.5, 0.6) is 0 Å². The maximum absolute atomic E-state index is 12.0. The van der Waals surface area contributed by atoms with Gasteiger partial charge in [0.1, 0.15) is 11.6 Å². The standard InChI is InChI=1S/C13H23F3N2O5S/c1-12(2,3)23-11(21)18-9(10(19)20)5-8-24(17,22)7-4-6-13(14,15)16/h9,17H,4-8H2,1-3H3,(H,18,21)(H,19,20)/t9-,24-/m0/s1. The van der Waals surface area contributed by atoms with Gasteiger partial charge in [-0.2, -0.15) is 13.2 Å². The minimum atomic E-state index is -4.39. The van der Waals surface area contributed by atoms with Crippen LogP contribution < -0.4 is 5.32 Å². The fourth-order valence-corrected chi connectivity index (χ4v) is 3.05. The summed E-state index contributed by atoms with van der Waals surface area (Å²) in [4.78, 5) is 22.6. The molecule has 0 aliphatic carbocycles. The second kappa shape index (κ2) is 8.54. The van der Waals surface area contributed by atoms with Crippen LogP contribution in [0, 0.1) is 4.78 Å². The van der Waals surface area contributed by atoms with Gasteiger partial charge < -0.3 is 15.2 Å². The quantitative estimate of drug-likeness (QED) is 0.602. The number of carboxylic acid groups (broad SMARTS) is 1. The van der Waals surface area contributed by atoms with Gasteiger partial charge >= 0.3 is 18.2 Å². The van der Waals surface area contributed by atoms with Gasteiger partial charge in [-0.05, 0) is 33.6 Å². The van der Waals surface area contributed by atoms with Crippen molar-refractivity contribution in [2.24, 2.45) is 0 Å². The summed E-state index contributed by atoms with van der Waals surface area (Å²) in [5, 5.41) is 11.1. The highest BCUT2D eigenvalue weighted by Gasteiger charge is 2.28. The molecular formula is C13H23F3N2O5S. The number of carbonyl (C=O) groups excluding carboxylic acids is 1. The van der Waals surface area contributed by atoms with Crippen molar-refractivity contribution in [3.8, 4) is 0 Å². The molecule has 0 spiro atoms. The Labute approximate surface area is 138 Å². The Morgan fingerprint density at radius 3 is 2.21 bits per heavy atom. The van der Waals surface area contributed by atoms with E-state index in [2.05, 4.69) is 5.32 Å². The van der Waals surface area contributed by atoms with Crippen LogP contribution in [0.4, 0.5) is 18.0 Å². The first-order chi connectivity index (χ1) is 10.6. The third kappa shape index (κ3) is 12.0. The lowest BCUT2D eigenvalue weighted by atomic mass is 10.2. The molecule has 0 saturated heterocycles. The molecule has 0 unspecified atom stereocenters. The maximum atomic E-state index is 12.0. The molecule has 0 radical (unpaired) electrons. The zero-order chi connectivity index (χ0) is 19.2. The molecule has 1 amide bonds. The van der Waals surface area contributed by atoms with Crippen LogP contribution in [-0.4, -0.2) is 50.7 Å². The van der Waals surface area contributed by atoms with Crippen LogP contribution in [-0.2, 0) is 19.3 Å². The summed E-state index contributed by atoms with van der Waals surface area (Å²) in [6.07, 6.45) is -7.34. The third-order valence-electron chi connectivity index (χ3n) is 2.66. The molecule has 0 saturated carbocycles. The first-order valence-corrected chi connectivity index (χ1v) is 9.04. The van der Waals surface area contributed by atoms with Crippen molar-refractivity contribution in [3.05, 3.63) is 0 Å². The number of halogens is 3. The van der Waals surface area contributed by atoms with Gasteiger partial charge in [-0.3, -0.25) is 4.78 Å². The number of rotatable bonds is 8. The van der Waals surface area contributed by atoms with Gasteiger partial charge in [0.2, 0.25) is 0 Å². The number of hydrogen-bond acceptors (Lipinski definition) is 5. The van der Waals surface area contributed by atoms with Gasteiger partial charge in [0.25, 0.3) is 0 Å². The Bertz CT molecular complexity index is 541. The lowest BCUT2D eigenvalue weighted by molar-refractivity contribution is -0.139. The Balaban J connectivity index is 4.53. The number of alkyl halides is 3. The molecule has 3 N–H and O–H groups in total. The van der Waals surface area contributed by atoms with Crippen molar-refractivity contribution in [2.75, 3.05) is 11.5 Å². The highest BCUT2D eigenvalue weighted by atomic mass is 32.2. The average Bonchev–Trinajstić information content (AvgIpc) is 2.29. The van der Waals surface area contributed by atoms with E-state index in [9.17, 15) is 27.0 Å². The van der Waals surface area contributed by atoms with Gasteiger partial charge in [0, 0.05) is 27.7 Å². The van der Waals surface area contributed by atoms with Gasteiger partial charge in [0.15, 0.2) is 0 Å². The van der Waals surface area contributed by atoms with Crippen molar-refractivity contribution in [1.82, 2.24) is 5.32 Å². The summed E-state index contributed by atoms with van der Waals surface area (Å²) >= 11 is 0. The maximum Gasteiger partial charge on any atom is 0.408 e. The SMILES string of the molecule is CC(C)(C)OC(=O)N[C@@H](CC[S@@](=N)(=O)CCCC(F)(F)F)C(=O)O. The van der Waals surface area contributed by atoms with Crippen molar-refractivity contribution >= 4 is 21.8 Å². The average molecular weight is 376 g/mol. The lowest BCUT2D eigenvalue weighted by Gasteiger charge is -2.22. The first kappa shape index (κ1) is 22.5. The van der Waals surface area contributed by atoms with E-state index < -0.39 is 64.0 Å². The van der Waals surface area contributed by atoms with E-state index >= 15 is 0 Å². The minimum Gasteiger partial charge on any atom is -0.480 e. The van der Waals surface area contributed by atoms with Gasteiger partial charge in [-0.15, -0.1) is 0 Å². The monoisotopic (exact) mass is 376 g/mol. The van der Waals surface area contributed by atoms with E-state index in [0.29, 0.717) is 0 Å². The Kier molecular flexibility index (Phi) is 8.00. The van der Waals surface area contributed by atoms with E-state index in [0.717, 1.165) is 0 Å². The number of amides is 1. The van der Waals surface area contributed by atoms with Crippen molar-refractivity contribution < 1.29 is 36.8 Å². The first-order valence-electron chi connectivity index (χ1n) is 7.14. The molecule has 0 heterocycles. The van der Waals surface area contributed by atoms with Crippen molar-refractivity contribution in [2.45, 2.75) is 57.9 Å². The molecule has 0 aromatic rings. The summed E-state index contributed by atoms with van der Waals surface area (Å²) in [6, 6.07) is -1.44. The van der Waals surface area contributed by atoms with Gasteiger partial charge in [-0.1, -0.05) is 0 Å². The number of carbonyl (C=O) groups is 2. The van der Waals surface area contributed by atoms with E-state index in [1.165, 1.54) is 0 Å². The fourth-order valence-electron chi connectivity index (χ4n) is 1.62. The summed E-state index contributed by atoms with van der Waals surface area (Å²) < 4.78 is 60.4. The van der Waals surface area contributed by atoms with Crippen molar-refractivity contribution in [1.29, 1.82) is 4.78 Å². The molecule has 0 rings (SSSR count). The number of nitrogens with one attached hydrogen (secondary N) is 2. The van der Waals surface area contributed by atoms with Crippen molar-refractivity contribution in [3.63, 3.8) is 0 Å². The summed E-state index contributed by atoms with van der Waals surface area (Å²) in [7, 11) is -3.36. The largest absolute Gasteiger partial charge is 0.480 e. The molecule has 142 valence electrons. The smallest absolute Gasteiger partial charge is 0.408 e. The molecule has 0 fully saturated rings. The number of ether oxygens (including phenoxy) is 1. The van der Waals surface area contributed by atoms with Gasteiger partial charge in [-0.25, -0.2) is 13.8 Å². The summed E-state index contributed by atoms with van der Waals surface area (Å²) in [5.74, 6) is -2.32. The Morgan fingerprint density at radius 2 is 1.79 bits per heavy atom. The number of hydrogen-bond donors (Lipinski definition) is 3. The summed E-state index contributed by atoms with van der Waals surface area (Å²) in [6.45, 7) is 4.75. The zero-order valence-corrected chi connectivity index (χ0v) is 14.6. The second-order valence-electron chi connectivity index (χ2n) is 6.26. The third-order valence-corrected chi connectivity index (χ3v) is 4.50. The van der Waals surface area contributed by atoms with Crippen LogP contribution in [0.1, 0.15) is 40.0 Å². The Hall–Kier alpha value is -1.52. The Morgan fingerprint density at radius 1 is 1.25 bits per heavy atom. The molecule has 11 heteroatoms. The van der Waals surface area contributed by atoms with Crippen LogP contribution >= 0.6 is 0 Å². The lowest BCUT2D eigenvalue weighted by Crippen LogP contribution is -2.44. The fraction of sp³-hybridized carbons (Fsp3) is 0.846. The molecular weight excluding hydrogens is 353 g/mol. The molecule has 0 aliphatic rings. The van der Waals surface area contributed by atoms with Crippen LogP contribution in [0.15, 0.2) is 0 Å².